The number of piperidine rings is 2. The number of hydrogen-bond donors (Lipinski definition) is 1. The van der Waals surface area contributed by atoms with Crippen molar-refractivity contribution in [3.05, 3.63) is 47.9 Å². The third-order valence-electron chi connectivity index (χ3n) is 6.08. The van der Waals surface area contributed by atoms with Crippen molar-refractivity contribution in [1.29, 1.82) is 0 Å². The summed E-state index contributed by atoms with van der Waals surface area (Å²) in [7, 11) is 0. The zero-order chi connectivity index (χ0) is 20.1. The first-order valence-corrected chi connectivity index (χ1v) is 10.7. The van der Waals surface area contributed by atoms with Crippen LogP contribution in [-0.2, 0) is 11.3 Å². The molecule has 7 nitrogen and oxygen atoms in total. The molecule has 2 fully saturated rings. The SMILES string of the molecule is Cc1ccc(N2CCC(N3CCCC(C(=O)NCc4ccccn4)C3)CC2)nn1. The van der Waals surface area contributed by atoms with Gasteiger partial charge in [-0.15, -0.1) is 5.10 Å². The summed E-state index contributed by atoms with van der Waals surface area (Å²) in [5.41, 5.74) is 1.85. The minimum atomic E-state index is 0.0773. The maximum absolute atomic E-state index is 12.7. The molecule has 2 aromatic rings. The molecule has 7 heteroatoms. The van der Waals surface area contributed by atoms with E-state index in [1.54, 1.807) is 6.20 Å². The van der Waals surface area contributed by atoms with Gasteiger partial charge in [-0.1, -0.05) is 6.07 Å². The molecule has 4 heterocycles. The molecule has 2 aromatic heterocycles. The van der Waals surface area contributed by atoms with E-state index >= 15 is 0 Å². The lowest BCUT2D eigenvalue weighted by Gasteiger charge is -2.42. The first-order valence-electron chi connectivity index (χ1n) is 10.7. The highest BCUT2D eigenvalue weighted by Gasteiger charge is 2.31. The molecular weight excluding hydrogens is 364 g/mol. The summed E-state index contributed by atoms with van der Waals surface area (Å²) in [6, 6.07) is 10.4. The van der Waals surface area contributed by atoms with Crippen LogP contribution in [0.25, 0.3) is 0 Å². The summed E-state index contributed by atoms with van der Waals surface area (Å²) in [6.07, 6.45) is 6.04. The maximum atomic E-state index is 12.7. The Kier molecular flexibility index (Phi) is 6.34. The smallest absolute Gasteiger partial charge is 0.224 e. The summed E-state index contributed by atoms with van der Waals surface area (Å²) in [4.78, 5) is 21.8. The molecule has 1 N–H and O–H groups in total. The van der Waals surface area contributed by atoms with Gasteiger partial charge in [-0.3, -0.25) is 14.7 Å². The van der Waals surface area contributed by atoms with E-state index in [1.807, 2.05) is 31.2 Å². The Morgan fingerprint density at radius 1 is 1.10 bits per heavy atom. The van der Waals surface area contributed by atoms with Crippen LogP contribution in [0.4, 0.5) is 5.82 Å². The summed E-state index contributed by atoms with van der Waals surface area (Å²) in [5, 5.41) is 11.6. The number of carbonyl (C=O) groups excluding carboxylic acids is 1. The number of aromatic nitrogens is 3. The van der Waals surface area contributed by atoms with Crippen molar-refractivity contribution in [2.45, 2.75) is 45.2 Å². The summed E-state index contributed by atoms with van der Waals surface area (Å²) < 4.78 is 0. The van der Waals surface area contributed by atoms with Crippen LogP contribution in [0, 0.1) is 12.8 Å². The molecule has 154 valence electrons. The highest BCUT2D eigenvalue weighted by molar-refractivity contribution is 5.78. The number of likely N-dealkylation sites (tertiary alicyclic amines) is 1. The number of nitrogens with one attached hydrogen (secondary N) is 1. The van der Waals surface area contributed by atoms with Crippen LogP contribution in [-0.4, -0.2) is 58.2 Å². The standard InChI is InChI=1S/C22H30N6O/c1-17-7-8-21(26-25-17)27-13-9-20(10-14-27)28-12-4-5-18(16-28)22(29)24-15-19-6-2-3-11-23-19/h2-3,6-8,11,18,20H,4-5,9-10,12-16H2,1H3,(H,24,29). The van der Waals surface area contributed by atoms with Crippen LogP contribution in [0.5, 0.6) is 0 Å². The lowest BCUT2D eigenvalue weighted by atomic mass is 9.93. The third-order valence-corrected chi connectivity index (χ3v) is 6.08. The van der Waals surface area contributed by atoms with Gasteiger partial charge in [0.2, 0.25) is 5.91 Å². The first-order chi connectivity index (χ1) is 14.2. The molecule has 0 spiro atoms. The molecule has 2 aliphatic heterocycles. The van der Waals surface area contributed by atoms with E-state index in [-0.39, 0.29) is 11.8 Å². The zero-order valence-corrected chi connectivity index (χ0v) is 17.1. The molecule has 29 heavy (non-hydrogen) atoms. The summed E-state index contributed by atoms with van der Waals surface area (Å²) in [6.45, 7) is 6.42. The summed E-state index contributed by atoms with van der Waals surface area (Å²) >= 11 is 0. The molecule has 2 aliphatic rings. The normalized spacial score (nSPS) is 21.1. The average molecular weight is 395 g/mol. The molecule has 1 unspecified atom stereocenters. The van der Waals surface area contributed by atoms with E-state index in [0.717, 1.165) is 69.1 Å². The van der Waals surface area contributed by atoms with Crippen molar-refractivity contribution >= 4 is 11.7 Å². The van der Waals surface area contributed by atoms with Gasteiger partial charge in [-0.2, -0.15) is 5.10 Å². The van der Waals surface area contributed by atoms with Crippen LogP contribution in [0.3, 0.4) is 0 Å². The van der Waals surface area contributed by atoms with Gasteiger partial charge in [-0.25, -0.2) is 0 Å². The minimum Gasteiger partial charge on any atom is -0.355 e. The second-order valence-corrected chi connectivity index (χ2v) is 8.12. The van der Waals surface area contributed by atoms with Crippen LogP contribution in [0.1, 0.15) is 37.1 Å². The highest BCUT2D eigenvalue weighted by Crippen LogP contribution is 2.25. The van der Waals surface area contributed by atoms with Crippen LogP contribution < -0.4 is 10.2 Å². The van der Waals surface area contributed by atoms with Crippen molar-refractivity contribution in [2.24, 2.45) is 5.92 Å². The van der Waals surface area contributed by atoms with Gasteiger partial charge in [0.1, 0.15) is 0 Å². The monoisotopic (exact) mass is 394 g/mol. The molecule has 2 saturated heterocycles. The molecule has 4 rings (SSSR count). The van der Waals surface area contributed by atoms with Crippen molar-refractivity contribution < 1.29 is 4.79 Å². The lowest BCUT2D eigenvalue weighted by Crippen LogP contribution is -2.51. The quantitative estimate of drug-likeness (QED) is 0.838. The Morgan fingerprint density at radius 3 is 2.69 bits per heavy atom. The second-order valence-electron chi connectivity index (χ2n) is 8.12. The van der Waals surface area contributed by atoms with Crippen LogP contribution in [0.2, 0.25) is 0 Å². The van der Waals surface area contributed by atoms with Crippen molar-refractivity contribution in [1.82, 2.24) is 25.4 Å². The van der Waals surface area contributed by atoms with Crippen molar-refractivity contribution in [3.8, 4) is 0 Å². The van der Waals surface area contributed by atoms with Gasteiger partial charge in [0.05, 0.1) is 23.9 Å². The Balaban J connectivity index is 1.26. The van der Waals surface area contributed by atoms with Crippen molar-refractivity contribution in [3.63, 3.8) is 0 Å². The Morgan fingerprint density at radius 2 is 1.97 bits per heavy atom. The Hall–Kier alpha value is -2.54. The second kappa shape index (κ2) is 9.31. The van der Waals surface area contributed by atoms with Crippen LogP contribution >= 0.6 is 0 Å². The van der Waals surface area contributed by atoms with E-state index in [4.69, 9.17) is 0 Å². The number of hydrogen-bond acceptors (Lipinski definition) is 6. The van der Waals surface area contributed by atoms with Gasteiger partial charge in [0.15, 0.2) is 5.82 Å². The number of pyridine rings is 1. The topological polar surface area (TPSA) is 74.2 Å². The van der Waals surface area contributed by atoms with E-state index in [0.29, 0.717) is 12.6 Å². The highest BCUT2D eigenvalue weighted by atomic mass is 16.1. The Labute approximate surface area is 172 Å². The maximum Gasteiger partial charge on any atom is 0.224 e. The fourth-order valence-corrected chi connectivity index (χ4v) is 4.40. The molecule has 0 bridgehead atoms. The molecule has 0 saturated carbocycles. The lowest BCUT2D eigenvalue weighted by molar-refractivity contribution is -0.127. The fourth-order valence-electron chi connectivity index (χ4n) is 4.40. The number of aryl methyl sites for hydroxylation is 1. The molecule has 0 aromatic carbocycles. The number of rotatable bonds is 5. The largest absolute Gasteiger partial charge is 0.355 e. The van der Waals surface area contributed by atoms with E-state index in [1.165, 1.54) is 0 Å². The molecule has 1 amide bonds. The van der Waals surface area contributed by atoms with Gasteiger partial charge in [-0.05, 0) is 63.4 Å². The number of amides is 1. The number of anilines is 1. The van der Waals surface area contributed by atoms with Crippen molar-refractivity contribution in [2.75, 3.05) is 31.1 Å². The molecule has 0 radical (unpaired) electrons. The van der Waals surface area contributed by atoms with Gasteiger partial charge in [0, 0.05) is 31.9 Å². The van der Waals surface area contributed by atoms with Gasteiger partial charge < -0.3 is 10.2 Å². The predicted octanol–water partition coefficient (Wildman–Crippen LogP) is 2.18. The third kappa shape index (κ3) is 5.09. The van der Waals surface area contributed by atoms with Crippen LogP contribution in [0.15, 0.2) is 36.5 Å². The van der Waals surface area contributed by atoms with E-state index in [2.05, 4.69) is 36.4 Å². The molecule has 0 aliphatic carbocycles. The fraction of sp³-hybridized carbons (Fsp3) is 0.545. The Bertz CT molecular complexity index is 789. The molecule has 1 atom stereocenters. The zero-order valence-electron chi connectivity index (χ0n) is 17.1. The number of carbonyl (C=O) groups is 1. The first kappa shape index (κ1) is 19.8. The van der Waals surface area contributed by atoms with E-state index < -0.39 is 0 Å². The molecular formula is C22H30N6O. The summed E-state index contributed by atoms with van der Waals surface area (Å²) in [5.74, 6) is 1.21. The van der Waals surface area contributed by atoms with Gasteiger partial charge in [0.25, 0.3) is 0 Å². The minimum absolute atomic E-state index is 0.0773. The predicted molar refractivity (Wildman–Crippen MR) is 112 cm³/mol. The van der Waals surface area contributed by atoms with E-state index in [9.17, 15) is 4.79 Å². The average Bonchev–Trinajstić information content (AvgIpc) is 2.79. The number of nitrogens with zero attached hydrogens (tertiary/aromatic N) is 5. The van der Waals surface area contributed by atoms with Gasteiger partial charge >= 0.3 is 0 Å².